The standard InChI is InChI=1S/C13H20N2O3/c1-4-15(5-2)8(3)11-9(13(17)18)6-7-10(14)12(11)16/h6-8,16H,4-5,14H2,1-3H3,(H,17,18). The first-order valence-corrected chi connectivity index (χ1v) is 6.02. The summed E-state index contributed by atoms with van der Waals surface area (Å²) in [5.74, 6) is -1.19. The zero-order valence-electron chi connectivity index (χ0n) is 11.0. The van der Waals surface area contributed by atoms with Gasteiger partial charge in [-0.15, -0.1) is 0 Å². The highest BCUT2D eigenvalue weighted by atomic mass is 16.4. The van der Waals surface area contributed by atoms with Crippen LogP contribution in [0.5, 0.6) is 5.75 Å². The van der Waals surface area contributed by atoms with Crippen LogP contribution in [0, 0.1) is 0 Å². The zero-order valence-corrected chi connectivity index (χ0v) is 11.0. The van der Waals surface area contributed by atoms with Crippen molar-refractivity contribution in [2.24, 2.45) is 0 Å². The number of aromatic carboxylic acids is 1. The second-order valence-corrected chi connectivity index (χ2v) is 4.17. The summed E-state index contributed by atoms with van der Waals surface area (Å²) in [4.78, 5) is 13.3. The number of carboxylic acids is 1. The molecule has 0 aliphatic heterocycles. The molecule has 0 aromatic heterocycles. The van der Waals surface area contributed by atoms with Crippen LogP contribution in [-0.4, -0.2) is 34.2 Å². The second-order valence-electron chi connectivity index (χ2n) is 4.17. The number of aromatic hydroxyl groups is 1. The van der Waals surface area contributed by atoms with Gasteiger partial charge in [0.15, 0.2) is 0 Å². The molecule has 0 radical (unpaired) electrons. The van der Waals surface area contributed by atoms with Crippen molar-refractivity contribution in [2.45, 2.75) is 26.8 Å². The van der Waals surface area contributed by atoms with E-state index in [-0.39, 0.29) is 23.0 Å². The molecule has 100 valence electrons. The van der Waals surface area contributed by atoms with E-state index in [1.165, 1.54) is 12.1 Å². The number of nitrogen functional groups attached to an aromatic ring is 1. The van der Waals surface area contributed by atoms with Crippen molar-refractivity contribution in [2.75, 3.05) is 18.8 Å². The zero-order chi connectivity index (χ0) is 13.9. The summed E-state index contributed by atoms with van der Waals surface area (Å²) in [5.41, 5.74) is 6.33. The Kier molecular flexibility index (Phi) is 4.55. The van der Waals surface area contributed by atoms with Crippen LogP contribution in [0.25, 0.3) is 0 Å². The highest BCUT2D eigenvalue weighted by molar-refractivity contribution is 5.91. The van der Waals surface area contributed by atoms with E-state index in [1.807, 2.05) is 20.8 Å². The van der Waals surface area contributed by atoms with Gasteiger partial charge in [-0.2, -0.15) is 0 Å². The molecule has 0 heterocycles. The van der Waals surface area contributed by atoms with Crippen molar-refractivity contribution in [1.29, 1.82) is 0 Å². The first kappa shape index (κ1) is 14.3. The molecule has 0 amide bonds. The fraction of sp³-hybridized carbons (Fsp3) is 0.462. The summed E-state index contributed by atoms with van der Waals surface area (Å²) in [6, 6.07) is 2.65. The summed E-state index contributed by atoms with van der Waals surface area (Å²) in [5, 5.41) is 19.2. The van der Waals surface area contributed by atoms with E-state index in [1.54, 1.807) is 0 Å². The monoisotopic (exact) mass is 252 g/mol. The molecule has 1 aromatic rings. The third kappa shape index (κ3) is 2.56. The molecule has 1 rings (SSSR count). The van der Waals surface area contributed by atoms with Crippen molar-refractivity contribution in [3.8, 4) is 5.75 Å². The fourth-order valence-corrected chi connectivity index (χ4v) is 2.19. The fourth-order valence-electron chi connectivity index (χ4n) is 2.19. The van der Waals surface area contributed by atoms with E-state index >= 15 is 0 Å². The lowest BCUT2D eigenvalue weighted by atomic mass is 9.98. The van der Waals surface area contributed by atoms with E-state index in [9.17, 15) is 15.0 Å². The Morgan fingerprint density at radius 2 is 1.94 bits per heavy atom. The molecule has 0 bridgehead atoms. The van der Waals surface area contributed by atoms with Crippen molar-refractivity contribution < 1.29 is 15.0 Å². The van der Waals surface area contributed by atoms with Gasteiger partial charge in [-0.25, -0.2) is 4.79 Å². The van der Waals surface area contributed by atoms with Gasteiger partial charge in [0.25, 0.3) is 0 Å². The molecule has 1 aromatic carbocycles. The maximum Gasteiger partial charge on any atom is 0.336 e. The number of hydrogen-bond donors (Lipinski definition) is 3. The van der Waals surface area contributed by atoms with Crippen LogP contribution in [0.15, 0.2) is 12.1 Å². The van der Waals surface area contributed by atoms with Gasteiger partial charge in [0.05, 0.1) is 11.3 Å². The Morgan fingerprint density at radius 3 is 2.39 bits per heavy atom. The van der Waals surface area contributed by atoms with Crippen LogP contribution in [0.4, 0.5) is 5.69 Å². The summed E-state index contributed by atoms with van der Waals surface area (Å²) in [6.07, 6.45) is 0. The largest absolute Gasteiger partial charge is 0.505 e. The van der Waals surface area contributed by atoms with Gasteiger partial charge >= 0.3 is 5.97 Å². The number of anilines is 1. The average molecular weight is 252 g/mol. The maximum atomic E-state index is 11.2. The normalized spacial score (nSPS) is 12.7. The van der Waals surface area contributed by atoms with Gasteiger partial charge in [0, 0.05) is 11.6 Å². The molecule has 0 saturated heterocycles. The Balaban J connectivity index is 3.36. The summed E-state index contributed by atoms with van der Waals surface area (Å²) < 4.78 is 0. The molecule has 0 fully saturated rings. The second kappa shape index (κ2) is 5.73. The molecule has 5 heteroatoms. The van der Waals surface area contributed by atoms with E-state index in [2.05, 4.69) is 4.90 Å². The van der Waals surface area contributed by atoms with Gasteiger partial charge in [0.1, 0.15) is 5.75 Å². The van der Waals surface area contributed by atoms with Gasteiger partial charge in [-0.3, -0.25) is 4.90 Å². The Labute approximate surface area is 107 Å². The number of nitrogens with zero attached hydrogens (tertiary/aromatic N) is 1. The predicted octanol–water partition coefficient (Wildman–Crippen LogP) is 2.08. The number of carbonyl (C=O) groups is 1. The molecule has 0 saturated carbocycles. The van der Waals surface area contributed by atoms with Gasteiger partial charge < -0.3 is 15.9 Å². The number of benzene rings is 1. The molecule has 0 aliphatic rings. The SMILES string of the molecule is CCN(CC)C(C)c1c(C(=O)O)ccc(N)c1O. The Bertz CT molecular complexity index is 442. The summed E-state index contributed by atoms with van der Waals surface area (Å²) in [7, 11) is 0. The van der Waals surface area contributed by atoms with Gasteiger partial charge in [-0.05, 0) is 32.1 Å². The Morgan fingerprint density at radius 1 is 1.39 bits per heavy atom. The van der Waals surface area contributed by atoms with Gasteiger partial charge in [0.2, 0.25) is 0 Å². The summed E-state index contributed by atoms with van der Waals surface area (Å²) >= 11 is 0. The maximum absolute atomic E-state index is 11.2. The number of rotatable bonds is 5. The molecule has 1 atom stereocenters. The van der Waals surface area contributed by atoms with Crippen LogP contribution in [0.3, 0.4) is 0 Å². The highest BCUT2D eigenvalue weighted by Gasteiger charge is 2.24. The van der Waals surface area contributed by atoms with Crippen molar-refractivity contribution in [3.05, 3.63) is 23.3 Å². The van der Waals surface area contributed by atoms with Crippen LogP contribution < -0.4 is 5.73 Å². The lowest BCUT2D eigenvalue weighted by molar-refractivity contribution is 0.0692. The van der Waals surface area contributed by atoms with Crippen molar-refractivity contribution in [1.82, 2.24) is 4.90 Å². The lowest BCUT2D eigenvalue weighted by Crippen LogP contribution is -2.28. The summed E-state index contributed by atoms with van der Waals surface area (Å²) in [6.45, 7) is 7.39. The number of phenolic OH excluding ortho intramolecular Hbond substituents is 1. The van der Waals surface area contributed by atoms with E-state index < -0.39 is 5.97 Å². The molecule has 1 unspecified atom stereocenters. The minimum absolute atomic E-state index is 0.0982. The molecular weight excluding hydrogens is 232 g/mol. The minimum atomic E-state index is -1.06. The van der Waals surface area contributed by atoms with Gasteiger partial charge in [-0.1, -0.05) is 13.8 Å². The van der Waals surface area contributed by atoms with Crippen LogP contribution >= 0.6 is 0 Å². The minimum Gasteiger partial charge on any atom is -0.505 e. The van der Waals surface area contributed by atoms with Crippen LogP contribution in [-0.2, 0) is 0 Å². The third-order valence-corrected chi connectivity index (χ3v) is 3.26. The topological polar surface area (TPSA) is 86.8 Å². The Hall–Kier alpha value is -1.75. The average Bonchev–Trinajstić information content (AvgIpc) is 2.33. The highest BCUT2D eigenvalue weighted by Crippen LogP contribution is 2.35. The number of carboxylic acid groups (broad SMARTS) is 1. The lowest BCUT2D eigenvalue weighted by Gasteiger charge is -2.28. The van der Waals surface area contributed by atoms with E-state index in [4.69, 9.17) is 5.73 Å². The number of hydrogen-bond acceptors (Lipinski definition) is 4. The molecule has 18 heavy (non-hydrogen) atoms. The number of nitrogens with two attached hydrogens (primary N) is 1. The van der Waals surface area contributed by atoms with Crippen molar-refractivity contribution in [3.63, 3.8) is 0 Å². The predicted molar refractivity (Wildman–Crippen MR) is 70.8 cm³/mol. The molecule has 4 N–H and O–H groups in total. The molecular formula is C13H20N2O3. The molecule has 0 spiro atoms. The molecule has 5 nitrogen and oxygen atoms in total. The number of phenols is 1. The van der Waals surface area contributed by atoms with Crippen molar-refractivity contribution >= 4 is 11.7 Å². The van der Waals surface area contributed by atoms with Crippen LogP contribution in [0.2, 0.25) is 0 Å². The van der Waals surface area contributed by atoms with E-state index in [0.717, 1.165) is 13.1 Å². The smallest absolute Gasteiger partial charge is 0.336 e. The first-order chi connectivity index (χ1) is 8.43. The van der Waals surface area contributed by atoms with Crippen LogP contribution in [0.1, 0.15) is 42.7 Å². The molecule has 0 aliphatic carbocycles. The first-order valence-electron chi connectivity index (χ1n) is 6.02. The van der Waals surface area contributed by atoms with E-state index in [0.29, 0.717) is 5.56 Å². The quantitative estimate of drug-likeness (QED) is 0.551. The third-order valence-electron chi connectivity index (χ3n) is 3.26.